The number of hydrogen-bond donors (Lipinski definition) is 0. The van der Waals surface area contributed by atoms with Crippen LogP contribution in [-0.2, 0) is 11.2 Å². The molecule has 2 amide bonds. The molecule has 0 aliphatic carbocycles. The van der Waals surface area contributed by atoms with Gasteiger partial charge in [0.1, 0.15) is 5.69 Å². The number of fused-ring (bicyclic) bond motifs is 1. The zero-order chi connectivity index (χ0) is 20.5. The zero-order valence-electron chi connectivity index (χ0n) is 16.2. The fourth-order valence-corrected chi connectivity index (χ4v) is 4.04. The molecule has 2 heterocycles. The van der Waals surface area contributed by atoms with Gasteiger partial charge < -0.3 is 14.7 Å². The Hall–Kier alpha value is -3.42. The summed E-state index contributed by atoms with van der Waals surface area (Å²) < 4.78 is 0. The van der Waals surface area contributed by atoms with Crippen LogP contribution in [0.1, 0.15) is 22.8 Å². The Bertz CT molecular complexity index is 982. The minimum absolute atomic E-state index is 0.00555. The fourth-order valence-electron chi connectivity index (χ4n) is 4.04. The van der Waals surface area contributed by atoms with Crippen LogP contribution in [0.15, 0.2) is 42.5 Å². The van der Waals surface area contributed by atoms with Crippen molar-refractivity contribution in [1.29, 1.82) is 0 Å². The standard InChI is InChI=1S/C21H22N4O4/c1-15(26)22-10-12-23(13-11-22)19-7-6-17(14-20(19)25(28)29)21(27)24-9-8-16-4-2-3-5-18(16)24/h2-7,14H,8-13H2,1H3. The average molecular weight is 394 g/mol. The van der Waals surface area contributed by atoms with Crippen molar-refractivity contribution in [3.8, 4) is 0 Å². The van der Waals surface area contributed by atoms with E-state index in [1.165, 1.54) is 13.0 Å². The third-order valence-corrected chi connectivity index (χ3v) is 5.62. The molecule has 150 valence electrons. The van der Waals surface area contributed by atoms with Gasteiger partial charge in [0, 0.05) is 57.0 Å². The Morgan fingerprint density at radius 1 is 0.966 bits per heavy atom. The fraction of sp³-hybridized carbons (Fsp3) is 0.333. The molecule has 0 spiro atoms. The van der Waals surface area contributed by atoms with Crippen molar-refractivity contribution >= 4 is 28.9 Å². The molecular weight excluding hydrogens is 372 g/mol. The highest BCUT2D eigenvalue weighted by Crippen LogP contribution is 2.33. The molecular formula is C21H22N4O4. The molecule has 1 fully saturated rings. The van der Waals surface area contributed by atoms with Crippen LogP contribution in [0, 0.1) is 10.1 Å². The van der Waals surface area contributed by atoms with Crippen LogP contribution in [0.4, 0.5) is 17.1 Å². The van der Waals surface area contributed by atoms with E-state index in [1.807, 2.05) is 29.2 Å². The highest BCUT2D eigenvalue weighted by molar-refractivity contribution is 6.08. The number of carbonyl (C=O) groups is 2. The summed E-state index contributed by atoms with van der Waals surface area (Å²) in [4.78, 5) is 41.1. The number of amides is 2. The Morgan fingerprint density at radius 3 is 2.38 bits per heavy atom. The van der Waals surface area contributed by atoms with Gasteiger partial charge in [-0.25, -0.2) is 0 Å². The molecule has 0 bridgehead atoms. The van der Waals surface area contributed by atoms with Crippen molar-refractivity contribution in [1.82, 2.24) is 4.90 Å². The third kappa shape index (κ3) is 3.53. The molecule has 8 heteroatoms. The average Bonchev–Trinajstić information content (AvgIpc) is 3.17. The predicted octanol–water partition coefficient (Wildman–Crippen LogP) is 2.47. The molecule has 4 rings (SSSR count). The van der Waals surface area contributed by atoms with Gasteiger partial charge in [-0.1, -0.05) is 18.2 Å². The van der Waals surface area contributed by atoms with Gasteiger partial charge in [0.05, 0.1) is 4.92 Å². The first-order valence-electron chi connectivity index (χ1n) is 9.64. The minimum atomic E-state index is -0.443. The summed E-state index contributed by atoms with van der Waals surface area (Å²) in [6.07, 6.45) is 0.780. The number of nitro groups is 1. The molecule has 0 aromatic heterocycles. The number of hydrogen-bond acceptors (Lipinski definition) is 5. The monoisotopic (exact) mass is 394 g/mol. The number of nitro benzene ring substituents is 1. The number of anilines is 2. The van der Waals surface area contributed by atoms with E-state index in [-0.39, 0.29) is 17.5 Å². The van der Waals surface area contributed by atoms with Gasteiger partial charge in [0.2, 0.25) is 5.91 Å². The molecule has 0 saturated carbocycles. The van der Waals surface area contributed by atoms with Gasteiger partial charge in [0.25, 0.3) is 11.6 Å². The van der Waals surface area contributed by atoms with E-state index in [2.05, 4.69) is 0 Å². The highest BCUT2D eigenvalue weighted by Gasteiger charge is 2.29. The van der Waals surface area contributed by atoms with Gasteiger partial charge in [0.15, 0.2) is 0 Å². The van der Waals surface area contributed by atoms with E-state index < -0.39 is 4.92 Å². The molecule has 2 aliphatic rings. The van der Waals surface area contributed by atoms with Crippen molar-refractivity contribution in [2.24, 2.45) is 0 Å². The molecule has 0 unspecified atom stereocenters. The summed E-state index contributed by atoms with van der Waals surface area (Å²) >= 11 is 0. The molecule has 8 nitrogen and oxygen atoms in total. The van der Waals surface area contributed by atoms with Crippen LogP contribution >= 0.6 is 0 Å². The number of benzene rings is 2. The minimum Gasteiger partial charge on any atom is -0.362 e. The second kappa shape index (κ2) is 7.54. The van der Waals surface area contributed by atoms with Gasteiger partial charge in [-0.15, -0.1) is 0 Å². The van der Waals surface area contributed by atoms with Crippen LogP contribution in [-0.4, -0.2) is 54.4 Å². The Labute approximate surface area is 168 Å². The maximum atomic E-state index is 13.0. The first-order chi connectivity index (χ1) is 14.0. The summed E-state index contributed by atoms with van der Waals surface area (Å²) in [5.74, 6) is -0.225. The predicted molar refractivity (Wildman–Crippen MR) is 109 cm³/mol. The largest absolute Gasteiger partial charge is 0.362 e. The van der Waals surface area contributed by atoms with E-state index in [0.29, 0.717) is 44.0 Å². The molecule has 0 N–H and O–H groups in total. The lowest BCUT2D eigenvalue weighted by atomic mass is 10.1. The second-order valence-corrected chi connectivity index (χ2v) is 7.29. The summed E-state index contributed by atoms with van der Waals surface area (Å²) in [6, 6.07) is 12.4. The summed E-state index contributed by atoms with van der Waals surface area (Å²) in [6.45, 7) is 4.19. The maximum Gasteiger partial charge on any atom is 0.293 e. The van der Waals surface area contributed by atoms with E-state index in [0.717, 1.165) is 17.7 Å². The Kier molecular flexibility index (Phi) is 4.92. The SMILES string of the molecule is CC(=O)N1CCN(c2ccc(C(=O)N3CCc4ccccc43)cc2[N+](=O)[O-])CC1. The lowest BCUT2D eigenvalue weighted by Crippen LogP contribution is -2.48. The van der Waals surface area contributed by atoms with Gasteiger partial charge in [-0.05, 0) is 30.2 Å². The van der Waals surface area contributed by atoms with Crippen molar-refractivity contribution in [3.05, 3.63) is 63.7 Å². The van der Waals surface area contributed by atoms with E-state index in [1.54, 1.807) is 21.9 Å². The molecule has 1 saturated heterocycles. The number of para-hydroxylation sites is 1. The number of carbonyl (C=O) groups excluding carboxylic acids is 2. The number of nitrogens with zero attached hydrogens (tertiary/aromatic N) is 4. The lowest BCUT2D eigenvalue weighted by molar-refractivity contribution is -0.384. The third-order valence-electron chi connectivity index (χ3n) is 5.62. The smallest absolute Gasteiger partial charge is 0.293 e. The Morgan fingerprint density at radius 2 is 1.69 bits per heavy atom. The topological polar surface area (TPSA) is 87.0 Å². The van der Waals surface area contributed by atoms with Gasteiger partial charge in [-0.2, -0.15) is 0 Å². The van der Waals surface area contributed by atoms with Crippen LogP contribution < -0.4 is 9.80 Å². The van der Waals surface area contributed by atoms with Gasteiger partial charge >= 0.3 is 0 Å². The first-order valence-corrected chi connectivity index (χ1v) is 9.64. The van der Waals surface area contributed by atoms with Gasteiger partial charge in [-0.3, -0.25) is 19.7 Å². The number of rotatable bonds is 3. The van der Waals surface area contributed by atoms with Crippen LogP contribution in [0.3, 0.4) is 0 Å². The quantitative estimate of drug-likeness (QED) is 0.590. The highest BCUT2D eigenvalue weighted by atomic mass is 16.6. The van der Waals surface area contributed by atoms with Crippen molar-refractivity contribution in [2.75, 3.05) is 42.5 Å². The summed E-state index contributed by atoms with van der Waals surface area (Å²) in [5, 5.41) is 11.7. The van der Waals surface area contributed by atoms with Crippen molar-refractivity contribution < 1.29 is 14.5 Å². The molecule has 2 aromatic rings. The maximum absolute atomic E-state index is 13.0. The number of piperazine rings is 1. The molecule has 0 atom stereocenters. The molecule has 29 heavy (non-hydrogen) atoms. The van der Waals surface area contributed by atoms with E-state index in [4.69, 9.17) is 0 Å². The van der Waals surface area contributed by atoms with Crippen LogP contribution in [0.5, 0.6) is 0 Å². The van der Waals surface area contributed by atoms with Crippen molar-refractivity contribution in [3.63, 3.8) is 0 Å². The van der Waals surface area contributed by atoms with E-state index in [9.17, 15) is 19.7 Å². The first kappa shape index (κ1) is 18.9. The zero-order valence-corrected chi connectivity index (χ0v) is 16.2. The van der Waals surface area contributed by atoms with Crippen molar-refractivity contribution in [2.45, 2.75) is 13.3 Å². The normalized spacial score (nSPS) is 16.0. The lowest BCUT2D eigenvalue weighted by Gasteiger charge is -2.35. The van der Waals surface area contributed by atoms with Crippen LogP contribution in [0.2, 0.25) is 0 Å². The second-order valence-electron chi connectivity index (χ2n) is 7.29. The van der Waals surface area contributed by atoms with E-state index >= 15 is 0 Å². The molecule has 2 aromatic carbocycles. The molecule has 2 aliphatic heterocycles. The molecule has 0 radical (unpaired) electrons. The summed E-state index contributed by atoms with van der Waals surface area (Å²) in [5.41, 5.74) is 2.68. The Balaban J connectivity index is 1.59. The van der Waals surface area contributed by atoms with Crippen LogP contribution in [0.25, 0.3) is 0 Å². The summed E-state index contributed by atoms with van der Waals surface area (Å²) in [7, 11) is 0.